The number of carbonyl (C=O) groups excluding carboxylic acids is 2. The maximum absolute atomic E-state index is 13.0. The molecular formula is C22H22N2O3. The standard InChI is InChI=1S/C22H22N2O3/c1-14-4-7-19(8-5-14)24-12-15(2)23(13-21(24)25)22(26)17-6-9-20-18(11-17)10-16(3)27-20/h4-11,15H,12-13H2,1-3H3/t15-/m1/s1. The topological polar surface area (TPSA) is 53.8 Å². The Labute approximate surface area is 158 Å². The van der Waals surface area contributed by atoms with Crippen LogP contribution >= 0.6 is 0 Å². The highest BCUT2D eigenvalue weighted by Gasteiger charge is 2.33. The third kappa shape index (κ3) is 3.21. The average Bonchev–Trinajstić information content (AvgIpc) is 3.02. The highest BCUT2D eigenvalue weighted by atomic mass is 16.3. The second-order valence-corrected chi connectivity index (χ2v) is 7.23. The molecule has 0 spiro atoms. The Kier molecular flexibility index (Phi) is 4.22. The van der Waals surface area contributed by atoms with Gasteiger partial charge < -0.3 is 14.2 Å². The van der Waals surface area contributed by atoms with E-state index in [-0.39, 0.29) is 24.4 Å². The summed E-state index contributed by atoms with van der Waals surface area (Å²) < 4.78 is 5.57. The van der Waals surface area contributed by atoms with Crippen LogP contribution in [-0.4, -0.2) is 35.8 Å². The van der Waals surface area contributed by atoms with Gasteiger partial charge in [0.25, 0.3) is 5.91 Å². The number of carbonyl (C=O) groups is 2. The molecule has 4 rings (SSSR count). The second kappa shape index (κ2) is 6.58. The van der Waals surface area contributed by atoms with Gasteiger partial charge in [-0.15, -0.1) is 0 Å². The molecular weight excluding hydrogens is 340 g/mol. The van der Waals surface area contributed by atoms with Gasteiger partial charge in [-0.25, -0.2) is 0 Å². The van der Waals surface area contributed by atoms with Crippen LogP contribution in [0.3, 0.4) is 0 Å². The van der Waals surface area contributed by atoms with Crippen molar-refractivity contribution in [1.29, 1.82) is 0 Å². The van der Waals surface area contributed by atoms with Crippen LogP contribution in [0.15, 0.2) is 52.9 Å². The summed E-state index contributed by atoms with van der Waals surface area (Å²) in [5.74, 6) is 0.621. The molecule has 3 aromatic rings. The molecule has 0 aliphatic carbocycles. The van der Waals surface area contributed by atoms with Crippen LogP contribution in [0.1, 0.15) is 28.6 Å². The van der Waals surface area contributed by atoms with Crippen molar-refractivity contribution in [3.63, 3.8) is 0 Å². The van der Waals surface area contributed by atoms with Crippen LogP contribution in [0.2, 0.25) is 0 Å². The fraction of sp³-hybridized carbons (Fsp3) is 0.273. The van der Waals surface area contributed by atoms with E-state index in [9.17, 15) is 9.59 Å². The van der Waals surface area contributed by atoms with Crippen LogP contribution in [0.25, 0.3) is 11.0 Å². The van der Waals surface area contributed by atoms with E-state index >= 15 is 0 Å². The van der Waals surface area contributed by atoms with Gasteiger partial charge >= 0.3 is 0 Å². The van der Waals surface area contributed by atoms with E-state index in [1.807, 2.05) is 63.2 Å². The third-order valence-corrected chi connectivity index (χ3v) is 5.08. The van der Waals surface area contributed by atoms with Gasteiger partial charge in [0.2, 0.25) is 5.91 Å². The number of furan rings is 1. The molecule has 5 nitrogen and oxygen atoms in total. The lowest BCUT2D eigenvalue weighted by Crippen LogP contribution is -2.57. The Morgan fingerprint density at radius 1 is 1.07 bits per heavy atom. The number of nitrogens with zero attached hydrogens (tertiary/aromatic N) is 2. The Hall–Kier alpha value is -3.08. The smallest absolute Gasteiger partial charge is 0.254 e. The number of hydrogen-bond donors (Lipinski definition) is 0. The lowest BCUT2D eigenvalue weighted by molar-refractivity contribution is -0.121. The van der Waals surface area contributed by atoms with Crippen molar-refractivity contribution in [3.05, 3.63) is 65.4 Å². The van der Waals surface area contributed by atoms with Gasteiger partial charge in [-0.1, -0.05) is 17.7 Å². The predicted molar refractivity (Wildman–Crippen MR) is 105 cm³/mol. The van der Waals surface area contributed by atoms with Gasteiger partial charge in [-0.3, -0.25) is 9.59 Å². The number of rotatable bonds is 2. The van der Waals surface area contributed by atoms with Crippen molar-refractivity contribution in [3.8, 4) is 0 Å². The summed E-state index contributed by atoms with van der Waals surface area (Å²) in [6.07, 6.45) is 0. The highest BCUT2D eigenvalue weighted by Crippen LogP contribution is 2.24. The first kappa shape index (κ1) is 17.3. The highest BCUT2D eigenvalue weighted by molar-refractivity contribution is 6.03. The van der Waals surface area contributed by atoms with Crippen molar-refractivity contribution in [2.75, 3.05) is 18.0 Å². The van der Waals surface area contributed by atoms with E-state index in [1.165, 1.54) is 0 Å². The Morgan fingerprint density at radius 3 is 2.56 bits per heavy atom. The molecule has 1 atom stereocenters. The predicted octanol–water partition coefficient (Wildman–Crippen LogP) is 3.93. The summed E-state index contributed by atoms with van der Waals surface area (Å²) in [6.45, 7) is 6.44. The summed E-state index contributed by atoms with van der Waals surface area (Å²) in [6, 6.07) is 15.1. The molecule has 0 radical (unpaired) electrons. The van der Waals surface area contributed by atoms with E-state index in [2.05, 4.69) is 0 Å². The first-order valence-corrected chi connectivity index (χ1v) is 9.10. The van der Waals surface area contributed by atoms with Crippen LogP contribution < -0.4 is 4.90 Å². The average molecular weight is 362 g/mol. The summed E-state index contributed by atoms with van der Waals surface area (Å²) in [4.78, 5) is 29.1. The SMILES string of the molecule is Cc1ccc(N2C[C@@H](C)N(C(=O)c3ccc4oc(C)cc4c3)CC2=O)cc1. The number of fused-ring (bicyclic) bond motifs is 1. The Morgan fingerprint density at radius 2 is 1.81 bits per heavy atom. The van der Waals surface area contributed by atoms with Gasteiger partial charge in [0, 0.05) is 29.2 Å². The van der Waals surface area contributed by atoms with E-state index in [1.54, 1.807) is 15.9 Å². The Bertz CT molecular complexity index is 1020. The molecule has 5 heteroatoms. The van der Waals surface area contributed by atoms with E-state index in [4.69, 9.17) is 4.42 Å². The third-order valence-electron chi connectivity index (χ3n) is 5.08. The number of piperazine rings is 1. The monoisotopic (exact) mass is 362 g/mol. The van der Waals surface area contributed by atoms with Gasteiger partial charge in [-0.2, -0.15) is 0 Å². The molecule has 138 valence electrons. The fourth-order valence-electron chi connectivity index (χ4n) is 3.57. The molecule has 0 unspecified atom stereocenters. The van der Waals surface area contributed by atoms with Gasteiger partial charge in [-0.05, 0) is 57.2 Å². The maximum Gasteiger partial charge on any atom is 0.254 e. The van der Waals surface area contributed by atoms with E-state index in [0.29, 0.717) is 12.1 Å². The van der Waals surface area contributed by atoms with Crippen LogP contribution in [-0.2, 0) is 4.79 Å². The summed E-state index contributed by atoms with van der Waals surface area (Å²) in [7, 11) is 0. The van der Waals surface area contributed by atoms with Crippen LogP contribution in [0.5, 0.6) is 0 Å². The lowest BCUT2D eigenvalue weighted by atomic mass is 10.1. The molecule has 1 aliphatic heterocycles. The zero-order valence-electron chi connectivity index (χ0n) is 15.7. The number of benzene rings is 2. The fourth-order valence-corrected chi connectivity index (χ4v) is 3.57. The van der Waals surface area contributed by atoms with Crippen LogP contribution in [0, 0.1) is 13.8 Å². The number of amides is 2. The van der Waals surface area contributed by atoms with Crippen molar-refractivity contribution in [2.45, 2.75) is 26.8 Å². The van der Waals surface area contributed by atoms with Gasteiger partial charge in [0.05, 0.1) is 0 Å². The molecule has 27 heavy (non-hydrogen) atoms. The summed E-state index contributed by atoms with van der Waals surface area (Å²) in [5, 5.41) is 0.899. The molecule has 0 bridgehead atoms. The van der Waals surface area contributed by atoms with E-state index < -0.39 is 0 Å². The molecule has 1 aliphatic rings. The minimum atomic E-state index is -0.125. The van der Waals surface area contributed by atoms with Crippen molar-refractivity contribution >= 4 is 28.5 Å². The number of aryl methyl sites for hydroxylation is 2. The molecule has 2 aromatic carbocycles. The largest absolute Gasteiger partial charge is 0.461 e. The summed E-state index contributed by atoms with van der Waals surface area (Å²) in [5.41, 5.74) is 3.36. The molecule has 1 saturated heterocycles. The molecule has 0 saturated carbocycles. The molecule has 1 fully saturated rings. The normalized spacial score (nSPS) is 17.6. The first-order chi connectivity index (χ1) is 12.9. The van der Waals surface area contributed by atoms with Crippen molar-refractivity contribution < 1.29 is 14.0 Å². The van der Waals surface area contributed by atoms with Crippen molar-refractivity contribution in [2.24, 2.45) is 0 Å². The van der Waals surface area contributed by atoms with Crippen molar-refractivity contribution in [1.82, 2.24) is 4.90 Å². The molecule has 0 N–H and O–H groups in total. The number of anilines is 1. The van der Waals surface area contributed by atoms with Crippen LogP contribution in [0.4, 0.5) is 5.69 Å². The quantitative estimate of drug-likeness (QED) is 0.694. The van der Waals surface area contributed by atoms with Gasteiger partial charge in [0.1, 0.15) is 17.9 Å². The van der Waals surface area contributed by atoms with E-state index in [0.717, 1.165) is 28.0 Å². The maximum atomic E-state index is 13.0. The number of hydrogen-bond acceptors (Lipinski definition) is 3. The minimum Gasteiger partial charge on any atom is -0.461 e. The zero-order chi connectivity index (χ0) is 19.1. The minimum absolute atomic E-state index is 0.0643. The first-order valence-electron chi connectivity index (χ1n) is 9.10. The molecule has 1 aromatic heterocycles. The molecule has 2 amide bonds. The molecule has 2 heterocycles. The Balaban J connectivity index is 1.56. The second-order valence-electron chi connectivity index (χ2n) is 7.23. The van der Waals surface area contributed by atoms with Gasteiger partial charge in [0.15, 0.2) is 0 Å². The lowest BCUT2D eigenvalue weighted by Gasteiger charge is -2.39. The summed E-state index contributed by atoms with van der Waals surface area (Å²) >= 11 is 0. The zero-order valence-corrected chi connectivity index (χ0v) is 15.7.